The van der Waals surface area contributed by atoms with Crippen molar-refractivity contribution in [2.45, 2.75) is 38.5 Å². The van der Waals surface area contributed by atoms with E-state index in [0.29, 0.717) is 6.54 Å². The van der Waals surface area contributed by atoms with Gasteiger partial charge in [-0.15, -0.1) is 0 Å². The third-order valence-electron chi connectivity index (χ3n) is 2.36. The highest BCUT2D eigenvalue weighted by Crippen LogP contribution is 2.01. The molecule has 3 N–H and O–H groups in total. The SMILES string of the molecule is CSCCCCCNC(=O)NC(=O)CCCC(=O)O. The summed E-state index contributed by atoms with van der Waals surface area (Å²) in [5, 5.41) is 13.2. The summed E-state index contributed by atoms with van der Waals surface area (Å²) in [7, 11) is 0. The van der Waals surface area contributed by atoms with Crippen LogP contribution in [-0.4, -0.2) is 41.6 Å². The fourth-order valence-corrected chi connectivity index (χ4v) is 1.88. The third kappa shape index (κ3) is 13.0. The van der Waals surface area contributed by atoms with Gasteiger partial charge in [0.25, 0.3) is 0 Å². The molecule has 0 radical (unpaired) electrons. The second-order valence-electron chi connectivity index (χ2n) is 4.10. The van der Waals surface area contributed by atoms with Crippen LogP contribution < -0.4 is 10.6 Å². The lowest BCUT2D eigenvalue weighted by Gasteiger charge is -2.06. The number of hydrogen-bond donors (Lipinski definition) is 3. The Morgan fingerprint density at radius 1 is 1.05 bits per heavy atom. The molecule has 0 atom stereocenters. The molecule has 0 aliphatic carbocycles. The predicted molar refractivity (Wildman–Crippen MR) is 75.3 cm³/mol. The van der Waals surface area contributed by atoms with Gasteiger partial charge in [0.05, 0.1) is 0 Å². The zero-order valence-corrected chi connectivity index (χ0v) is 12.1. The molecule has 0 fully saturated rings. The Kier molecular flexibility index (Phi) is 11.1. The van der Waals surface area contributed by atoms with Gasteiger partial charge in [-0.25, -0.2) is 4.79 Å². The number of imide groups is 1. The first kappa shape index (κ1) is 17.8. The van der Waals surface area contributed by atoms with Crippen molar-refractivity contribution in [3.05, 3.63) is 0 Å². The summed E-state index contributed by atoms with van der Waals surface area (Å²) in [6.45, 7) is 0.544. The molecule has 0 bridgehead atoms. The monoisotopic (exact) mass is 290 g/mol. The Hall–Kier alpha value is -1.24. The summed E-state index contributed by atoms with van der Waals surface area (Å²) in [5.41, 5.74) is 0. The molecule has 110 valence electrons. The molecular weight excluding hydrogens is 268 g/mol. The van der Waals surface area contributed by atoms with E-state index in [1.807, 2.05) is 0 Å². The van der Waals surface area contributed by atoms with Crippen LogP contribution >= 0.6 is 11.8 Å². The normalized spacial score (nSPS) is 9.95. The third-order valence-corrected chi connectivity index (χ3v) is 3.06. The number of thioether (sulfide) groups is 1. The van der Waals surface area contributed by atoms with Crippen molar-refractivity contribution < 1.29 is 19.5 Å². The lowest BCUT2D eigenvalue weighted by molar-refractivity contribution is -0.137. The summed E-state index contributed by atoms with van der Waals surface area (Å²) >= 11 is 1.80. The number of amides is 3. The zero-order valence-electron chi connectivity index (χ0n) is 11.2. The van der Waals surface area contributed by atoms with Crippen LogP contribution in [0.5, 0.6) is 0 Å². The molecule has 6 nitrogen and oxygen atoms in total. The number of carbonyl (C=O) groups excluding carboxylic acids is 2. The van der Waals surface area contributed by atoms with Crippen LogP contribution in [0.15, 0.2) is 0 Å². The fourth-order valence-electron chi connectivity index (χ4n) is 1.38. The molecular formula is C12H22N2O4S. The highest BCUT2D eigenvalue weighted by atomic mass is 32.2. The molecule has 0 aliphatic rings. The molecule has 0 unspecified atom stereocenters. The van der Waals surface area contributed by atoms with Crippen LogP contribution in [0.3, 0.4) is 0 Å². The first-order valence-electron chi connectivity index (χ1n) is 6.34. The van der Waals surface area contributed by atoms with Crippen molar-refractivity contribution in [3.63, 3.8) is 0 Å². The maximum atomic E-state index is 11.3. The van der Waals surface area contributed by atoms with E-state index in [1.54, 1.807) is 11.8 Å². The van der Waals surface area contributed by atoms with Crippen LogP contribution in [0.1, 0.15) is 38.5 Å². The van der Waals surface area contributed by atoms with Crippen LogP contribution in [0, 0.1) is 0 Å². The van der Waals surface area contributed by atoms with Crippen molar-refractivity contribution in [2.24, 2.45) is 0 Å². The summed E-state index contributed by atoms with van der Waals surface area (Å²) in [6.07, 6.45) is 5.34. The molecule has 0 rings (SSSR count). The highest BCUT2D eigenvalue weighted by molar-refractivity contribution is 7.98. The van der Waals surface area contributed by atoms with Gasteiger partial charge in [0, 0.05) is 19.4 Å². The van der Waals surface area contributed by atoms with Gasteiger partial charge in [-0.05, 0) is 31.3 Å². The number of urea groups is 1. The van der Waals surface area contributed by atoms with Gasteiger partial charge >= 0.3 is 12.0 Å². The molecule has 0 spiro atoms. The summed E-state index contributed by atoms with van der Waals surface area (Å²) in [5.74, 6) is -0.266. The zero-order chi connectivity index (χ0) is 14.5. The van der Waals surface area contributed by atoms with E-state index in [-0.39, 0.29) is 19.3 Å². The fraction of sp³-hybridized carbons (Fsp3) is 0.750. The average molecular weight is 290 g/mol. The number of carboxylic acids is 1. The van der Waals surface area contributed by atoms with Crippen LogP contribution in [0.4, 0.5) is 4.79 Å². The molecule has 3 amide bonds. The summed E-state index contributed by atoms with van der Waals surface area (Å²) < 4.78 is 0. The first-order chi connectivity index (χ1) is 9.06. The number of carbonyl (C=O) groups is 3. The lowest BCUT2D eigenvalue weighted by Crippen LogP contribution is -2.39. The first-order valence-corrected chi connectivity index (χ1v) is 7.74. The van der Waals surface area contributed by atoms with Gasteiger partial charge < -0.3 is 10.4 Å². The van der Waals surface area contributed by atoms with Crippen LogP contribution in [-0.2, 0) is 9.59 Å². The largest absolute Gasteiger partial charge is 0.481 e. The number of carboxylic acid groups (broad SMARTS) is 1. The predicted octanol–water partition coefficient (Wildman–Crippen LogP) is 1.60. The topological polar surface area (TPSA) is 95.5 Å². The van der Waals surface area contributed by atoms with Crippen molar-refractivity contribution in [3.8, 4) is 0 Å². The Labute approximate surface area is 117 Å². The maximum absolute atomic E-state index is 11.3. The van der Waals surface area contributed by atoms with Gasteiger partial charge in [0.15, 0.2) is 0 Å². The standard InChI is InChI=1S/C12H22N2O4S/c1-19-9-4-2-3-8-13-12(18)14-10(15)6-5-7-11(16)17/h2-9H2,1H3,(H,16,17)(H2,13,14,15,18). The Balaban J connectivity index is 3.46. The number of hydrogen-bond acceptors (Lipinski definition) is 4. The van der Waals surface area contributed by atoms with Gasteiger partial charge in [0.2, 0.25) is 5.91 Å². The number of rotatable bonds is 10. The molecule has 0 aromatic rings. The van der Waals surface area contributed by atoms with E-state index in [1.165, 1.54) is 0 Å². The molecule has 0 saturated carbocycles. The van der Waals surface area contributed by atoms with Gasteiger partial charge in [-0.2, -0.15) is 11.8 Å². The molecule has 0 aliphatic heterocycles. The molecule has 19 heavy (non-hydrogen) atoms. The van der Waals surface area contributed by atoms with Crippen molar-refractivity contribution in [1.29, 1.82) is 0 Å². The maximum Gasteiger partial charge on any atom is 0.321 e. The minimum atomic E-state index is -0.942. The van der Waals surface area contributed by atoms with Crippen molar-refractivity contribution in [2.75, 3.05) is 18.6 Å². The second-order valence-corrected chi connectivity index (χ2v) is 5.09. The second kappa shape index (κ2) is 11.8. The number of nitrogens with one attached hydrogen (secondary N) is 2. The summed E-state index contributed by atoms with van der Waals surface area (Å²) in [4.78, 5) is 32.8. The number of aliphatic carboxylic acids is 1. The van der Waals surface area contributed by atoms with Crippen LogP contribution in [0.25, 0.3) is 0 Å². The molecule has 0 aromatic carbocycles. The van der Waals surface area contributed by atoms with E-state index in [9.17, 15) is 14.4 Å². The Morgan fingerprint density at radius 2 is 1.79 bits per heavy atom. The lowest BCUT2D eigenvalue weighted by atomic mass is 10.2. The quantitative estimate of drug-likeness (QED) is 0.531. The van der Waals surface area contributed by atoms with E-state index in [4.69, 9.17) is 5.11 Å². The molecule has 0 heterocycles. The average Bonchev–Trinajstić information content (AvgIpc) is 2.33. The van der Waals surface area contributed by atoms with Gasteiger partial charge in [-0.1, -0.05) is 6.42 Å². The van der Waals surface area contributed by atoms with Gasteiger partial charge in [-0.3, -0.25) is 14.9 Å². The minimum absolute atomic E-state index is 0.0491. The van der Waals surface area contributed by atoms with E-state index >= 15 is 0 Å². The number of unbranched alkanes of at least 4 members (excludes halogenated alkanes) is 2. The Morgan fingerprint density at radius 3 is 2.42 bits per heavy atom. The molecule has 7 heteroatoms. The molecule has 0 saturated heterocycles. The highest BCUT2D eigenvalue weighted by Gasteiger charge is 2.07. The van der Waals surface area contributed by atoms with E-state index in [2.05, 4.69) is 16.9 Å². The molecule has 0 aromatic heterocycles. The van der Waals surface area contributed by atoms with Crippen LogP contribution in [0.2, 0.25) is 0 Å². The van der Waals surface area contributed by atoms with Gasteiger partial charge in [0.1, 0.15) is 0 Å². The Bertz CT molecular complexity index is 297. The minimum Gasteiger partial charge on any atom is -0.481 e. The van der Waals surface area contributed by atoms with Crippen molar-refractivity contribution in [1.82, 2.24) is 10.6 Å². The summed E-state index contributed by atoms with van der Waals surface area (Å²) in [6, 6.07) is -0.509. The van der Waals surface area contributed by atoms with E-state index < -0.39 is 17.9 Å². The van der Waals surface area contributed by atoms with E-state index in [0.717, 1.165) is 25.0 Å². The smallest absolute Gasteiger partial charge is 0.321 e. The van der Waals surface area contributed by atoms with Crippen molar-refractivity contribution >= 4 is 29.7 Å².